The number of alkyl halides is 2. The summed E-state index contributed by atoms with van der Waals surface area (Å²) in [5, 5.41) is 9.42. The molecule has 0 aromatic rings. The standard InChI is InChI=1S/C16H30F2O3/c1-3-5-6-7-8-9-10-11-12-13-14(19)16(17,18)15(20)21-4-2/h14,19H,3-13H2,1-2H3. The molecular weight excluding hydrogens is 278 g/mol. The van der Waals surface area contributed by atoms with E-state index in [1.807, 2.05) is 0 Å². The molecule has 0 amide bonds. The van der Waals surface area contributed by atoms with E-state index in [4.69, 9.17) is 0 Å². The van der Waals surface area contributed by atoms with Crippen molar-refractivity contribution in [1.82, 2.24) is 0 Å². The number of rotatable bonds is 13. The van der Waals surface area contributed by atoms with Crippen molar-refractivity contribution in [1.29, 1.82) is 0 Å². The Morgan fingerprint density at radius 1 is 1.00 bits per heavy atom. The number of unbranched alkanes of at least 4 members (excludes halogenated alkanes) is 8. The molecule has 0 aliphatic heterocycles. The molecule has 5 heteroatoms. The van der Waals surface area contributed by atoms with Crippen molar-refractivity contribution >= 4 is 5.97 Å². The van der Waals surface area contributed by atoms with E-state index in [1.54, 1.807) is 0 Å². The van der Waals surface area contributed by atoms with E-state index >= 15 is 0 Å². The summed E-state index contributed by atoms with van der Waals surface area (Å²) in [6, 6.07) is 0. The Morgan fingerprint density at radius 2 is 1.48 bits per heavy atom. The first-order chi connectivity index (χ1) is 9.96. The third-order valence-electron chi connectivity index (χ3n) is 3.55. The van der Waals surface area contributed by atoms with Crippen LogP contribution >= 0.6 is 0 Å². The zero-order valence-corrected chi connectivity index (χ0v) is 13.4. The van der Waals surface area contributed by atoms with Crippen LogP contribution in [0.15, 0.2) is 0 Å². The van der Waals surface area contributed by atoms with Gasteiger partial charge >= 0.3 is 11.9 Å². The molecule has 126 valence electrons. The molecule has 0 rings (SSSR count). The zero-order chi connectivity index (χ0) is 16.1. The quantitative estimate of drug-likeness (QED) is 0.403. The summed E-state index contributed by atoms with van der Waals surface area (Å²) in [5.74, 6) is -5.43. The lowest BCUT2D eigenvalue weighted by atomic mass is 10.0. The molecule has 0 heterocycles. The fraction of sp³-hybridized carbons (Fsp3) is 0.938. The molecule has 0 fully saturated rings. The van der Waals surface area contributed by atoms with Gasteiger partial charge in [0.2, 0.25) is 0 Å². The highest BCUT2D eigenvalue weighted by molar-refractivity contribution is 5.78. The van der Waals surface area contributed by atoms with Crippen molar-refractivity contribution < 1.29 is 23.4 Å². The van der Waals surface area contributed by atoms with Crippen molar-refractivity contribution in [2.75, 3.05) is 6.61 Å². The Hall–Kier alpha value is -0.710. The van der Waals surface area contributed by atoms with Crippen LogP contribution in [-0.2, 0) is 9.53 Å². The van der Waals surface area contributed by atoms with Crippen molar-refractivity contribution in [2.45, 2.75) is 90.1 Å². The molecule has 3 nitrogen and oxygen atoms in total. The molecule has 0 saturated heterocycles. The van der Waals surface area contributed by atoms with Gasteiger partial charge in [-0.15, -0.1) is 0 Å². The zero-order valence-electron chi connectivity index (χ0n) is 13.4. The van der Waals surface area contributed by atoms with E-state index in [1.165, 1.54) is 39.0 Å². The van der Waals surface area contributed by atoms with Gasteiger partial charge in [0.15, 0.2) is 0 Å². The van der Waals surface area contributed by atoms with Gasteiger partial charge in [-0.05, 0) is 13.3 Å². The van der Waals surface area contributed by atoms with Gasteiger partial charge in [-0.1, -0.05) is 64.7 Å². The van der Waals surface area contributed by atoms with Crippen molar-refractivity contribution in [3.8, 4) is 0 Å². The van der Waals surface area contributed by atoms with Gasteiger partial charge in [0, 0.05) is 0 Å². The van der Waals surface area contributed by atoms with Crippen LogP contribution in [0.4, 0.5) is 8.78 Å². The number of ether oxygens (including phenoxy) is 1. The van der Waals surface area contributed by atoms with Gasteiger partial charge in [-0.3, -0.25) is 0 Å². The highest BCUT2D eigenvalue weighted by Crippen LogP contribution is 2.24. The second-order valence-electron chi connectivity index (χ2n) is 5.48. The molecule has 1 atom stereocenters. The van der Waals surface area contributed by atoms with Crippen LogP contribution in [0.5, 0.6) is 0 Å². The van der Waals surface area contributed by atoms with Gasteiger partial charge in [0.25, 0.3) is 0 Å². The van der Waals surface area contributed by atoms with Gasteiger partial charge in [0.05, 0.1) is 6.61 Å². The minimum absolute atomic E-state index is 0.0678. The molecule has 0 spiro atoms. The predicted octanol–water partition coefficient (Wildman–Crippen LogP) is 4.47. The van der Waals surface area contributed by atoms with Crippen molar-refractivity contribution in [3.63, 3.8) is 0 Å². The first-order valence-corrected chi connectivity index (χ1v) is 8.19. The number of carbonyl (C=O) groups excluding carboxylic acids is 1. The van der Waals surface area contributed by atoms with Crippen LogP contribution in [0, 0.1) is 0 Å². The Labute approximate surface area is 127 Å². The third kappa shape index (κ3) is 9.02. The van der Waals surface area contributed by atoms with Gasteiger partial charge in [0.1, 0.15) is 6.10 Å². The Morgan fingerprint density at radius 3 is 1.95 bits per heavy atom. The lowest BCUT2D eigenvalue weighted by Crippen LogP contribution is -2.42. The summed E-state index contributed by atoms with van der Waals surface area (Å²) in [4.78, 5) is 11.0. The molecule has 0 radical (unpaired) electrons. The molecule has 1 N–H and O–H groups in total. The van der Waals surface area contributed by atoms with Crippen LogP contribution in [-0.4, -0.2) is 29.7 Å². The molecular formula is C16H30F2O3. The number of halogens is 2. The molecule has 0 aromatic carbocycles. The molecule has 21 heavy (non-hydrogen) atoms. The summed E-state index contributed by atoms with van der Waals surface area (Å²) < 4.78 is 31.1. The third-order valence-corrected chi connectivity index (χ3v) is 3.55. The number of hydrogen-bond acceptors (Lipinski definition) is 3. The molecule has 0 aliphatic carbocycles. The van der Waals surface area contributed by atoms with E-state index in [-0.39, 0.29) is 13.0 Å². The van der Waals surface area contributed by atoms with E-state index < -0.39 is 18.0 Å². The number of carbonyl (C=O) groups is 1. The predicted molar refractivity (Wildman–Crippen MR) is 79.4 cm³/mol. The number of esters is 1. The second-order valence-corrected chi connectivity index (χ2v) is 5.48. The van der Waals surface area contributed by atoms with Crippen molar-refractivity contribution in [2.24, 2.45) is 0 Å². The SMILES string of the molecule is CCCCCCCCCCCC(O)C(F)(F)C(=O)OCC. The lowest BCUT2D eigenvalue weighted by molar-refractivity contribution is -0.188. The van der Waals surface area contributed by atoms with E-state index in [2.05, 4.69) is 11.7 Å². The van der Waals surface area contributed by atoms with E-state index in [0.29, 0.717) is 6.42 Å². The van der Waals surface area contributed by atoms with Gasteiger partial charge in [-0.2, -0.15) is 8.78 Å². The Bertz CT molecular complexity index is 270. The summed E-state index contributed by atoms with van der Waals surface area (Å²) in [6.45, 7) is 3.53. The monoisotopic (exact) mass is 308 g/mol. The maximum Gasteiger partial charge on any atom is 0.379 e. The molecule has 1 unspecified atom stereocenters. The topological polar surface area (TPSA) is 46.5 Å². The maximum absolute atomic E-state index is 13.4. The van der Waals surface area contributed by atoms with E-state index in [0.717, 1.165) is 19.3 Å². The van der Waals surface area contributed by atoms with Crippen LogP contribution in [0.25, 0.3) is 0 Å². The summed E-state index contributed by atoms with van der Waals surface area (Å²) in [6.07, 6.45) is 7.58. The van der Waals surface area contributed by atoms with Crippen LogP contribution in [0.1, 0.15) is 78.1 Å². The van der Waals surface area contributed by atoms with Gasteiger partial charge in [-0.25, -0.2) is 4.79 Å². The maximum atomic E-state index is 13.4. The highest BCUT2D eigenvalue weighted by atomic mass is 19.3. The lowest BCUT2D eigenvalue weighted by Gasteiger charge is -2.20. The Balaban J connectivity index is 3.65. The second kappa shape index (κ2) is 11.9. The first-order valence-electron chi connectivity index (χ1n) is 8.19. The number of aliphatic hydroxyl groups excluding tert-OH is 1. The molecule has 0 aliphatic rings. The molecule has 0 saturated carbocycles. The summed E-state index contributed by atoms with van der Waals surface area (Å²) in [5.41, 5.74) is 0. The number of aliphatic hydroxyl groups is 1. The van der Waals surface area contributed by atoms with Crippen LogP contribution < -0.4 is 0 Å². The fourth-order valence-corrected chi connectivity index (χ4v) is 2.19. The first kappa shape index (κ1) is 20.3. The minimum atomic E-state index is -3.80. The van der Waals surface area contributed by atoms with Crippen molar-refractivity contribution in [3.05, 3.63) is 0 Å². The molecule has 0 aromatic heterocycles. The minimum Gasteiger partial charge on any atom is -0.461 e. The Kier molecular flexibility index (Phi) is 11.5. The highest BCUT2D eigenvalue weighted by Gasteiger charge is 2.47. The summed E-state index contributed by atoms with van der Waals surface area (Å²) >= 11 is 0. The van der Waals surface area contributed by atoms with Gasteiger partial charge < -0.3 is 9.84 Å². The smallest absolute Gasteiger partial charge is 0.379 e. The average Bonchev–Trinajstić information content (AvgIpc) is 2.45. The normalized spacial score (nSPS) is 13.2. The largest absolute Gasteiger partial charge is 0.461 e. The number of hydrogen-bond donors (Lipinski definition) is 1. The summed E-state index contributed by atoms with van der Waals surface area (Å²) in [7, 11) is 0. The molecule has 0 bridgehead atoms. The fourth-order valence-electron chi connectivity index (χ4n) is 2.19. The average molecular weight is 308 g/mol. The van der Waals surface area contributed by atoms with Crippen LogP contribution in [0.2, 0.25) is 0 Å². The van der Waals surface area contributed by atoms with E-state index in [9.17, 15) is 18.7 Å². The van der Waals surface area contributed by atoms with Crippen LogP contribution in [0.3, 0.4) is 0 Å².